The molecule has 0 spiro atoms. The Kier molecular flexibility index (Phi) is 7.22. The van der Waals surface area contributed by atoms with Crippen molar-refractivity contribution in [2.45, 2.75) is 59.6 Å². The van der Waals surface area contributed by atoms with Gasteiger partial charge in [0.15, 0.2) is 0 Å². The van der Waals surface area contributed by atoms with E-state index in [4.69, 9.17) is 4.74 Å². The monoisotopic (exact) mass is 306 g/mol. The Morgan fingerprint density at radius 2 is 2.05 bits per heavy atom. The van der Waals surface area contributed by atoms with Crippen LogP contribution in [-0.4, -0.2) is 18.2 Å². The third-order valence-corrected chi connectivity index (χ3v) is 3.20. The molecule has 4 nitrogen and oxygen atoms in total. The van der Waals surface area contributed by atoms with Gasteiger partial charge in [0.2, 0.25) is 0 Å². The molecular formula is C18H30N2O2. The number of carbonyl (C=O) groups is 1. The lowest BCUT2D eigenvalue weighted by Gasteiger charge is -2.19. The lowest BCUT2D eigenvalue weighted by Crippen LogP contribution is -2.32. The molecule has 1 rings (SSSR count). The fourth-order valence-corrected chi connectivity index (χ4v) is 2.17. The maximum atomic E-state index is 11.7. The number of anilines is 1. The van der Waals surface area contributed by atoms with E-state index in [1.807, 2.05) is 32.9 Å². The van der Waals surface area contributed by atoms with E-state index in [1.165, 1.54) is 12.8 Å². The number of hydrogen-bond acceptors (Lipinski definition) is 3. The zero-order valence-corrected chi connectivity index (χ0v) is 14.5. The molecule has 0 fully saturated rings. The van der Waals surface area contributed by atoms with Crippen LogP contribution >= 0.6 is 0 Å². The van der Waals surface area contributed by atoms with Gasteiger partial charge in [0, 0.05) is 18.8 Å². The van der Waals surface area contributed by atoms with Crippen molar-refractivity contribution in [3.8, 4) is 0 Å². The predicted molar refractivity (Wildman–Crippen MR) is 92.1 cm³/mol. The molecule has 22 heavy (non-hydrogen) atoms. The third kappa shape index (κ3) is 7.91. The lowest BCUT2D eigenvalue weighted by molar-refractivity contribution is 0.0523. The summed E-state index contributed by atoms with van der Waals surface area (Å²) in [5.41, 5.74) is 1.67. The maximum absolute atomic E-state index is 11.7. The van der Waals surface area contributed by atoms with Gasteiger partial charge in [-0.1, -0.05) is 32.4 Å². The van der Waals surface area contributed by atoms with Gasteiger partial charge < -0.3 is 15.4 Å². The van der Waals surface area contributed by atoms with Crippen LogP contribution in [0, 0.1) is 5.92 Å². The number of ether oxygens (including phenoxy) is 1. The zero-order chi connectivity index (χ0) is 16.6. The fourth-order valence-electron chi connectivity index (χ4n) is 2.17. The molecule has 0 bridgehead atoms. The van der Waals surface area contributed by atoms with Gasteiger partial charge in [-0.3, -0.25) is 0 Å². The second-order valence-electron chi connectivity index (χ2n) is 6.83. The van der Waals surface area contributed by atoms with Gasteiger partial charge in [-0.05, 0) is 50.8 Å². The van der Waals surface area contributed by atoms with Gasteiger partial charge in [0.05, 0.1) is 0 Å². The summed E-state index contributed by atoms with van der Waals surface area (Å²) in [6.07, 6.45) is 2.05. The number of hydrogen-bond donors (Lipinski definition) is 2. The van der Waals surface area contributed by atoms with Crippen molar-refractivity contribution in [1.82, 2.24) is 5.32 Å². The van der Waals surface area contributed by atoms with Crippen LogP contribution in [0.4, 0.5) is 10.5 Å². The van der Waals surface area contributed by atoms with E-state index in [9.17, 15) is 4.79 Å². The summed E-state index contributed by atoms with van der Waals surface area (Å²) < 4.78 is 5.23. The van der Waals surface area contributed by atoms with Crippen molar-refractivity contribution in [2.24, 2.45) is 5.92 Å². The summed E-state index contributed by atoms with van der Waals surface area (Å²) in [6, 6.07) is 8.11. The van der Waals surface area contributed by atoms with E-state index in [2.05, 4.69) is 36.6 Å². The zero-order valence-electron chi connectivity index (χ0n) is 14.5. The average molecular weight is 306 g/mol. The summed E-state index contributed by atoms with van der Waals surface area (Å²) in [5, 5.41) is 6.23. The molecule has 4 heteroatoms. The number of rotatable bonds is 7. The van der Waals surface area contributed by atoms with Crippen LogP contribution in [0.25, 0.3) is 0 Å². The first-order chi connectivity index (χ1) is 10.3. The third-order valence-electron chi connectivity index (χ3n) is 3.20. The van der Waals surface area contributed by atoms with E-state index in [0.717, 1.165) is 17.8 Å². The van der Waals surface area contributed by atoms with Crippen molar-refractivity contribution in [2.75, 3.05) is 11.9 Å². The van der Waals surface area contributed by atoms with E-state index < -0.39 is 5.60 Å². The molecule has 0 aliphatic heterocycles. The highest BCUT2D eigenvalue weighted by Gasteiger charge is 2.15. The SMILES string of the molecule is CCCC(C)CNc1cccc(CNC(=O)OC(C)(C)C)c1. The molecule has 2 N–H and O–H groups in total. The molecule has 1 atom stereocenters. The van der Waals surface area contributed by atoms with Crippen molar-refractivity contribution in [3.05, 3.63) is 29.8 Å². The Labute approximate surface area is 134 Å². The Morgan fingerprint density at radius 1 is 1.32 bits per heavy atom. The molecule has 1 aromatic carbocycles. The van der Waals surface area contributed by atoms with Crippen molar-refractivity contribution >= 4 is 11.8 Å². The fraction of sp³-hybridized carbons (Fsp3) is 0.611. The molecule has 0 aromatic heterocycles. The van der Waals surface area contributed by atoms with Gasteiger partial charge in [-0.15, -0.1) is 0 Å². The molecule has 1 aromatic rings. The standard InChI is InChI=1S/C18H30N2O2/c1-6-8-14(2)12-19-16-10-7-9-15(11-16)13-20-17(21)22-18(3,4)5/h7,9-11,14,19H,6,8,12-13H2,1-5H3,(H,20,21). The number of benzene rings is 1. The largest absolute Gasteiger partial charge is 0.444 e. The summed E-state index contributed by atoms with van der Waals surface area (Å²) in [6.45, 7) is 11.5. The minimum atomic E-state index is -0.469. The first-order valence-corrected chi connectivity index (χ1v) is 8.10. The van der Waals surface area contributed by atoms with Crippen LogP contribution in [0.5, 0.6) is 0 Å². The quantitative estimate of drug-likeness (QED) is 0.776. The Balaban J connectivity index is 2.45. The molecule has 1 amide bonds. The maximum Gasteiger partial charge on any atom is 0.407 e. The van der Waals surface area contributed by atoms with Gasteiger partial charge in [-0.2, -0.15) is 0 Å². The molecule has 124 valence electrons. The second kappa shape index (κ2) is 8.66. The molecule has 0 saturated carbocycles. The number of carbonyl (C=O) groups excluding carboxylic acids is 1. The Bertz CT molecular complexity index is 466. The highest BCUT2D eigenvalue weighted by Crippen LogP contribution is 2.13. The molecule has 0 saturated heterocycles. The molecular weight excluding hydrogens is 276 g/mol. The normalized spacial score (nSPS) is 12.6. The lowest BCUT2D eigenvalue weighted by atomic mass is 10.1. The van der Waals surface area contributed by atoms with Crippen LogP contribution in [0.1, 0.15) is 53.0 Å². The van der Waals surface area contributed by atoms with Crippen LogP contribution in [0.2, 0.25) is 0 Å². The summed E-state index contributed by atoms with van der Waals surface area (Å²) >= 11 is 0. The smallest absolute Gasteiger partial charge is 0.407 e. The number of amides is 1. The van der Waals surface area contributed by atoms with E-state index in [0.29, 0.717) is 12.5 Å². The second-order valence-corrected chi connectivity index (χ2v) is 6.83. The molecule has 0 aliphatic rings. The van der Waals surface area contributed by atoms with E-state index in [1.54, 1.807) is 0 Å². The molecule has 0 radical (unpaired) electrons. The number of alkyl carbamates (subject to hydrolysis) is 1. The highest BCUT2D eigenvalue weighted by molar-refractivity contribution is 5.67. The van der Waals surface area contributed by atoms with Crippen LogP contribution in [0.15, 0.2) is 24.3 Å². The van der Waals surface area contributed by atoms with E-state index in [-0.39, 0.29) is 6.09 Å². The average Bonchev–Trinajstić information content (AvgIpc) is 2.42. The summed E-state index contributed by atoms with van der Waals surface area (Å²) in [4.78, 5) is 11.7. The van der Waals surface area contributed by atoms with Crippen molar-refractivity contribution in [3.63, 3.8) is 0 Å². The van der Waals surface area contributed by atoms with Gasteiger partial charge in [0.25, 0.3) is 0 Å². The Morgan fingerprint density at radius 3 is 2.68 bits per heavy atom. The van der Waals surface area contributed by atoms with Gasteiger partial charge in [0.1, 0.15) is 5.60 Å². The van der Waals surface area contributed by atoms with Crippen LogP contribution < -0.4 is 10.6 Å². The molecule has 1 unspecified atom stereocenters. The molecule has 0 heterocycles. The molecule has 0 aliphatic carbocycles. The Hall–Kier alpha value is -1.71. The van der Waals surface area contributed by atoms with E-state index >= 15 is 0 Å². The predicted octanol–water partition coefficient (Wildman–Crippen LogP) is 4.56. The first kappa shape index (κ1) is 18.3. The van der Waals surface area contributed by atoms with Gasteiger partial charge in [-0.25, -0.2) is 4.79 Å². The number of nitrogens with one attached hydrogen (secondary N) is 2. The topological polar surface area (TPSA) is 50.4 Å². The summed E-state index contributed by atoms with van der Waals surface area (Å²) in [5.74, 6) is 0.661. The minimum absolute atomic E-state index is 0.387. The van der Waals surface area contributed by atoms with Crippen molar-refractivity contribution in [1.29, 1.82) is 0 Å². The first-order valence-electron chi connectivity index (χ1n) is 8.10. The van der Waals surface area contributed by atoms with Crippen LogP contribution in [-0.2, 0) is 11.3 Å². The van der Waals surface area contributed by atoms with Crippen LogP contribution in [0.3, 0.4) is 0 Å². The summed E-state index contributed by atoms with van der Waals surface area (Å²) in [7, 11) is 0. The van der Waals surface area contributed by atoms with Crippen molar-refractivity contribution < 1.29 is 9.53 Å². The highest BCUT2D eigenvalue weighted by atomic mass is 16.6. The minimum Gasteiger partial charge on any atom is -0.444 e. The van der Waals surface area contributed by atoms with Gasteiger partial charge >= 0.3 is 6.09 Å².